The lowest BCUT2D eigenvalue weighted by Crippen LogP contribution is -2.40. The molecule has 0 bridgehead atoms. The van der Waals surface area contributed by atoms with Crippen molar-refractivity contribution in [3.8, 4) is 0 Å². The summed E-state index contributed by atoms with van der Waals surface area (Å²) in [7, 11) is 0. The lowest BCUT2D eigenvalue weighted by Gasteiger charge is -2.28. The Hall–Kier alpha value is -2.05. The molecular weight excluding hydrogens is 308 g/mol. The second-order valence-electron chi connectivity index (χ2n) is 7.47. The Morgan fingerprint density at radius 2 is 2.08 bits per heavy atom. The highest BCUT2D eigenvalue weighted by molar-refractivity contribution is 5.92. The number of hydrogen-bond donors (Lipinski definition) is 0. The van der Waals surface area contributed by atoms with E-state index in [9.17, 15) is 9.59 Å². The third-order valence-corrected chi connectivity index (χ3v) is 4.50. The first-order valence-corrected chi connectivity index (χ1v) is 8.66. The van der Waals surface area contributed by atoms with Gasteiger partial charge in [-0.15, -0.1) is 0 Å². The summed E-state index contributed by atoms with van der Waals surface area (Å²) in [6, 6.07) is 0.0890. The van der Waals surface area contributed by atoms with E-state index in [-0.39, 0.29) is 18.0 Å². The summed E-state index contributed by atoms with van der Waals surface area (Å²) < 4.78 is 7.46. The van der Waals surface area contributed by atoms with Gasteiger partial charge in [-0.3, -0.25) is 9.69 Å². The SMILES string of the molecule is CC(C)(C)OC(=O)N1CCCC1CCC(=O)N1CCn2ccnc21. The van der Waals surface area contributed by atoms with E-state index in [2.05, 4.69) is 4.98 Å². The number of anilines is 1. The number of hydrogen-bond acceptors (Lipinski definition) is 4. The van der Waals surface area contributed by atoms with Gasteiger partial charge < -0.3 is 14.2 Å². The predicted octanol–water partition coefficient (Wildman–Crippen LogP) is 2.41. The molecule has 7 nitrogen and oxygen atoms in total. The van der Waals surface area contributed by atoms with Gasteiger partial charge in [0.05, 0.1) is 0 Å². The molecular formula is C17H26N4O3. The molecule has 0 saturated carbocycles. The zero-order valence-electron chi connectivity index (χ0n) is 14.7. The summed E-state index contributed by atoms with van der Waals surface area (Å²) >= 11 is 0. The first-order valence-electron chi connectivity index (χ1n) is 8.66. The zero-order chi connectivity index (χ0) is 17.3. The van der Waals surface area contributed by atoms with Crippen LogP contribution in [-0.4, -0.2) is 51.2 Å². The Morgan fingerprint density at radius 3 is 2.83 bits per heavy atom. The highest BCUT2D eigenvalue weighted by Gasteiger charge is 2.33. The number of ether oxygens (including phenoxy) is 1. The van der Waals surface area contributed by atoms with Crippen molar-refractivity contribution in [2.45, 2.75) is 64.6 Å². The molecule has 0 spiro atoms. The molecule has 1 unspecified atom stereocenters. The van der Waals surface area contributed by atoms with E-state index in [1.54, 1.807) is 16.0 Å². The molecule has 132 valence electrons. The van der Waals surface area contributed by atoms with Crippen molar-refractivity contribution >= 4 is 17.9 Å². The van der Waals surface area contributed by atoms with Crippen LogP contribution >= 0.6 is 0 Å². The van der Waals surface area contributed by atoms with Crippen LogP contribution in [0, 0.1) is 0 Å². The van der Waals surface area contributed by atoms with Crippen LogP contribution in [0.2, 0.25) is 0 Å². The fraction of sp³-hybridized carbons (Fsp3) is 0.706. The van der Waals surface area contributed by atoms with Gasteiger partial charge in [0.2, 0.25) is 11.9 Å². The molecule has 3 heterocycles. The molecule has 0 aromatic carbocycles. The lowest BCUT2D eigenvalue weighted by atomic mass is 10.1. The van der Waals surface area contributed by atoms with Crippen LogP contribution in [0.1, 0.15) is 46.5 Å². The van der Waals surface area contributed by atoms with E-state index in [0.29, 0.717) is 25.9 Å². The molecule has 1 aromatic rings. The molecule has 24 heavy (non-hydrogen) atoms. The molecule has 0 radical (unpaired) electrons. The maximum absolute atomic E-state index is 12.5. The van der Waals surface area contributed by atoms with Gasteiger partial charge in [-0.1, -0.05) is 0 Å². The van der Waals surface area contributed by atoms with Crippen molar-refractivity contribution in [1.29, 1.82) is 0 Å². The smallest absolute Gasteiger partial charge is 0.410 e. The molecule has 1 atom stereocenters. The first-order chi connectivity index (χ1) is 11.3. The largest absolute Gasteiger partial charge is 0.444 e. The molecule has 0 N–H and O–H groups in total. The normalized spacial score (nSPS) is 20.4. The van der Waals surface area contributed by atoms with Gasteiger partial charge in [-0.25, -0.2) is 9.78 Å². The first kappa shape index (κ1) is 16.8. The third-order valence-electron chi connectivity index (χ3n) is 4.50. The van der Waals surface area contributed by atoms with E-state index in [4.69, 9.17) is 4.74 Å². The number of rotatable bonds is 3. The summed E-state index contributed by atoms with van der Waals surface area (Å²) in [5.41, 5.74) is -0.493. The molecule has 0 aliphatic carbocycles. The Bertz CT molecular complexity index is 620. The van der Waals surface area contributed by atoms with Gasteiger partial charge >= 0.3 is 6.09 Å². The fourth-order valence-electron chi connectivity index (χ4n) is 3.39. The van der Waals surface area contributed by atoms with Gasteiger partial charge in [0, 0.05) is 44.5 Å². The van der Waals surface area contributed by atoms with Crippen LogP contribution < -0.4 is 4.90 Å². The average molecular weight is 334 g/mol. The summed E-state index contributed by atoms with van der Waals surface area (Å²) in [5.74, 6) is 0.811. The highest BCUT2D eigenvalue weighted by atomic mass is 16.6. The summed E-state index contributed by atoms with van der Waals surface area (Å²) in [4.78, 5) is 32.6. The summed E-state index contributed by atoms with van der Waals surface area (Å²) in [6.45, 7) is 7.80. The Balaban J connectivity index is 1.54. The number of amides is 2. The standard InChI is InChI=1S/C17H26N4O3/c1-17(2,3)24-16(23)20-9-4-5-13(20)6-7-14(22)21-12-11-19-10-8-18-15(19)21/h8,10,13H,4-7,9,11-12H2,1-3H3. The maximum atomic E-state index is 12.5. The highest BCUT2D eigenvalue weighted by Crippen LogP contribution is 2.25. The molecule has 3 rings (SSSR count). The van der Waals surface area contributed by atoms with Crippen LogP contribution in [0.4, 0.5) is 10.7 Å². The monoisotopic (exact) mass is 334 g/mol. The Kier molecular flexibility index (Phi) is 4.51. The molecule has 1 aromatic heterocycles. The molecule has 7 heteroatoms. The Morgan fingerprint density at radius 1 is 1.29 bits per heavy atom. The molecule has 2 aliphatic heterocycles. The van der Waals surface area contributed by atoms with Gasteiger partial charge in [0.25, 0.3) is 0 Å². The third kappa shape index (κ3) is 3.55. The van der Waals surface area contributed by atoms with Crippen LogP contribution in [-0.2, 0) is 16.1 Å². The molecule has 2 aliphatic rings. The van der Waals surface area contributed by atoms with Crippen molar-refractivity contribution in [2.24, 2.45) is 0 Å². The quantitative estimate of drug-likeness (QED) is 0.851. The molecule has 1 fully saturated rings. The van der Waals surface area contributed by atoms with Crippen molar-refractivity contribution in [3.05, 3.63) is 12.4 Å². The van der Waals surface area contributed by atoms with Gasteiger partial charge in [0.1, 0.15) is 5.60 Å². The minimum Gasteiger partial charge on any atom is -0.444 e. The number of likely N-dealkylation sites (tertiary alicyclic amines) is 1. The van der Waals surface area contributed by atoms with E-state index in [0.717, 1.165) is 25.3 Å². The second-order valence-corrected chi connectivity index (χ2v) is 7.47. The van der Waals surface area contributed by atoms with Crippen molar-refractivity contribution in [1.82, 2.24) is 14.5 Å². The fourth-order valence-corrected chi connectivity index (χ4v) is 3.39. The van der Waals surface area contributed by atoms with Crippen LogP contribution in [0.25, 0.3) is 0 Å². The molecule has 1 saturated heterocycles. The number of aromatic nitrogens is 2. The average Bonchev–Trinajstić information content (AvgIpc) is 3.18. The van der Waals surface area contributed by atoms with Crippen LogP contribution in [0.3, 0.4) is 0 Å². The van der Waals surface area contributed by atoms with Gasteiger partial charge in [-0.05, 0) is 40.0 Å². The number of carbonyl (C=O) groups is 2. The number of fused-ring (bicyclic) bond motifs is 1. The second kappa shape index (κ2) is 6.45. The van der Waals surface area contributed by atoms with E-state index < -0.39 is 5.60 Å². The van der Waals surface area contributed by atoms with E-state index in [1.165, 1.54) is 0 Å². The number of nitrogens with zero attached hydrogens (tertiary/aromatic N) is 4. The number of imidazole rings is 1. The minimum atomic E-state index is -0.493. The van der Waals surface area contributed by atoms with Crippen LogP contribution in [0.15, 0.2) is 12.4 Å². The predicted molar refractivity (Wildman–Crippen MR) is 89.8 cm³/mol. The van der Waals surface area contributed by atoms with Crippen molar-refractivity contribution in [3.63, 3.8) is 0 Å². The lowest BCUT2D eigenvalue weighted by molar-refractivity contribution is -0.118. The Labute approximate surface area is 142 Å². The van der Waals surface area contributed by atoms with Crippen molar-refractivity contribution in [2.75, 3.05) is 18.0 Å². The summed E-state index contributed by atoms with van der Waals surface area (Å²) in [6.07, 6.45) is 6.34. The minimum absolute atomic E-state index is 0.0796. The van der Waals surface area contributed by atoms with Crippen LogP contribution in [0.5, 0.6) is 0 Å². The van der Waals surface area contributed by atoms with E-state index in [1.807, 2.05) is 31.5 Å². The zero-order valence-corrected chi connectivity index (χ0v) is 14.7. The van der Waals surface area contributed by atoms with Crippen molar-refractivity contribution < 1.29 is 14.3 Å². The van der Waals surface area contributed by atoms with E-state index >= 15 is 0 Å². The van der Waals surface area contributed by atoms with Gasteiger partial charge in [-0.2, -0.15) is 0 Å². The van der Waals surface area contributed by atoms with Gasteiger partial charge in [0.15, 0.2) is 0 Å². The molecule has 2 amide bonds. The topological polar surface area (TPSA) is 67.7 Å². The summed E-state index contributed by atoms with van der Waals surface area (Å²) in [5, 5.41) is 0. The maximum Gasteiger partial charge on any atom is 0.410 e. The number of carbonyl (C=O) groups excluding carboxylic acids is 2.